The van der Waals surface area contributed by atoms with Crippen molar-refractivity contribution in [2.75, 3.05) is 14.2 Å². The second-order valence-electron chi connectivity index (χ2n) is 3.57. The standard InChI is InChI=1S/C12H14O4/c1-15-11-9(13)7-5-3-4-6-8(7)10(14)12(11)16-2/h3-6,9-10,13-14H,1-2H3. The van der Waals surface area contributed by atoms with Crippen molar-refractivity contribution in [2.45, 2.75) is 12.2 Å². The SMILES string of the molecule is COC1=C(OC)C(O)c2ccccc2C1O. The Kier molecular flexibility index (Phi) is 2.85. The molecule has 4 heteroatoms. The number of aliphatic hydroxyl groups excluding tert-OH is 2. The van der Waals surface area contributed by atoms with Gasteiger partial charge in [0.05, 0.1) is 14.2 Å². The molecule has 0 fully saturated rings. The van der Waals surface area contributed by atoms with E-state index in [1.54, 1.807) is 24.3 Å². The first-order valence-electron chi connectivity index (χ1n) is 4.97. The third-order valence-corrected chi connectivity index (χ3v) is 2.76. The number of hydrogen-bond acceptors (Lipinski definition) is 4. The van der Waals surface area contributed by atoms with Gasteiger partial charge in [0.25, 0.3) is 0 Å². The second-order valence-corrected chi connectivity index (χ2v) is 3.57. The summed E-state index contributed by atoms with van der Waals surface area (Å²) in [5.41, 5.74) is 1.29. The van der Waals surface area contributed by atoms with Gasteiger partial charge >= 0.3 is 0 Å². The van der Waals surface area contributed by atoms with Crippen LogP contribution in [-0.2, 0) is 9.47 Å². The molecule has 0 saturated carbocycles. The van der Waals surface area contributed by atoms with Gasteiger partial charge in [-0.25, -0.2) is 0 Å². The number of fused-ring (bicyclic) bond motifs is 1. The topological polar surface area (TPSA) is 58.9 Å². The van der Waals surface area contributed by atoms with Crippen LogP contribution in [0.15, 0.2) is 35.8 Å². The molecule has 0 amide bonds. The van der Waals surface area contributed by atoms with Gasteiger partial charge in [-0.3, -0.25) is 0 Å². The number of methoxy groups -OCH3 is 2. The fourth-order valence-electron chi connectivity index (χ4n) is 1.99. The van der Waals surface area contributed by atoms with Gasteiger partial charge in [-0.05, 0) is 11.1 Å². The van der Waals surface area contributed by atoms with Crippen LogP contribution in [0.2, 0.25) is 0 Å². The molecule has 0 aliphatic heterocycles. The lowest BCUT2D eigenvalue weighted by Gasteiger charge is -2.29. The predicted octanol–water partition coefficient (Wildman–Crippen LogP) is 1.27. The number of aliphatic hydroxyl groups is 2. The molecule has 0 heterocycles. The monoisotopic (exact) mass is 222 g/mol. The van der Waals surface area contributed by atoms with Crippen molar-refractivity contribution in [3.63, 3.8) is 0 Å². The van der Waals surface area contributed by atoms with Crippen LogP contribution >= 0.6 is 0 Å². The molecule has 16 heavy (non-hydrogen) atoms. The van der Waals surface area contributed by atoms with Gasteiger partial charge in [-0.1, -0.05) is 24.3 Å². The smallest absolute Gasteiger partial charge is 0.169 e. The molecule has 86 valence electrons. The molecule has 1 aliphatic carbocycles. The van der Waals surface area contributed by atoms with E-state index >= 15 is 0 Å². The summed E-state index contributed by atoms with van der Waals surface area (Å²) in [6.45, 7) is 0. The number of rotatable bonds is 2. The number of hydrogen-bond donors (Lipinski definition) is 2. The van der Waals surface area contributed by atoms with E-state index in [-0.39, 0.29) is 11.5 Å². The summed E-state index contributed by atoms with van der Waals surface area (Å²) in [5, 5.41) is 20.1. The van der Waals surface area contributed by atoms with Gasteiger partial charge in [-0.2, -0.15) is 0 Å². The van der Waals surface area contributed by atoms with Crippen molar-refractivity contribution in [1.29, 1.82) is 0 Å². The Morgan fingerprint density at radius 3 is 1.56 bits per heavy atom. The Labute approximate surface area is 93.7 Å². The summed E-state index contributed by atoms with van der Waals surface area (Å²) in [7, 11) is 2.89. The molecule has 0 bridgehead atoms. The Morgan fingerprint density at radius 2 is 1.25 bits per heavy atom. The van der Waals surface area contributed by atoms with Crippen LogP contribution < -0.4 is 0 Å². The van der Waals surface area contributed by atoms with Crippen LogP contribution in [0, 0.1) is 0 Å². The lowest BCUT2D eigenvalue weighted by atomic mass is 9.90. The lowest BCUT2D eigenvalue weighted by molar-refractivity contribution is 0.0562. The van der Waals surface area contributed by atoms with E-state index in [4.69, 9.17) is 9.47 Å². The molecule has 0 radical (unpaired) electrons. The Balaban J connectivity index is 2.57. The molecule has 0 aromatic heterocycles. The third-order valence-electron chi connectivity index (χ3n) is 2.76. The predicted molar refractivity (Wildman–Crippen MR) is 57.4 cm³/mol. The zero-order valence-corrected chi connectivity index (χ0v) is 9.18. The van der Waals surface area contributed by atoms with Crippen LogP contribution in [0.1, 0.15) is 23.3 Å². The van der Waals surface area contributed by atoms with Crippen LogP contribution in [0.3, 0.4) is 0 Å². The molecule has 0 spiro atoms. The zero-order chi connectivity index (χ0) is 11.7. The Bertz CT molecular complexity index is 386. The van der Waals surface area contributed by atoms with E-state index in [9.17, 15) is 10.2 Å². The normalized spacial score (nSPS) is 24.0. The van der Waals surface area contributed by atoms with E-state index in [1.807, 2.05) is 0 Å². The molecule has 2 N–H and O–H groups in total. The van der Waals surface area contributed by atoms with Crippen LogP contribution in [0.25, 0.3) is 0 Å². The van der Waals surface area contributed by atoms with Crippen LogP contribution in [0.4, 0.5) is 0 Å². The van der Waals surface area contributed by atoms with Gasteiger partial charge in [0.2, 0.25) is 0 Å². The first kappa shape index (κ1) is 11.0. The molecule has 1 aliphatic rings. The van der Waals surface area contributed by atoms with Gasteiger partial charge < -0.3 is 19.7 Å². The molecule has 2 unspecified atom stereocenters. The van der Waals surface area contributed by atoms with Crippen molar-refractivity contribution in [3.05, 3.63) is 46.9 Å². The minimum absolute atomic E-state index is 0.258. The summed E-state index contributed by atoms with van der Waals surface area (Å²) in [5.74, 6) is 0.516. The quantitative estimate of drug-likeness (QED) is 0.791. The zero-order valence-electron chi connectivity index (χ0n) is 9.18. The molecule has 0 saturated heterocycles. The van der Waals surface area contributed by atoms with E-state index in [2.05, 4.69) is 0 Å². The number of ether oxygens (including phenoxy) is 2. The average Bonchev–Trinajstić information content (AvgIpc) is 2.33. The van der Waals surface area contributed by atoms with Crippen LogP contribution in [-0.4, -0.2) is 24.4 Å². The highest BCUT2D eigenvalue weighted by Crippen LogP contribution is 2.40. The van der Waals surface area contributed by atoms with Crippen molar-refractivity contribution in [1.82, 2.24) is 0 Å². The molecular weight excluding hydrogens is 208 g/mol. The summed E-state index contributed by atoms with van der Waals surface area (Å²) < 4.78 is 10.2. The molecule has 2 atom stereocenters. The minimum Gasteiger partial charge on any atom is -0.494 e. The van der Waals surface area contributed by atoms with Gasteiger partial charge in [0.1, 0.15) is 12.2 Å². The first-order chi connectivity index (χ1) is 7.70. The van der Waals surface area contributed by atoms with Gasteiger partial charge in [0, 0.05) is 0 Å². The van der Waals surface area contributed by atoms with Gasteiger partial charge in [-0.15, -0.1) is 0 Å². The average molecular weight is 222 g/mol. The lowest BCUT2D eigenvalue weighted by Crippen LogP contribution is -2.21. The maximum absolute atomic E-state index is 10.1. The maximum Gasteiger partial charge on any atom is 0.169 e. The van der Waals surface area contributed by atoms with Gasteiger partial charge in [0.15, 0.2) is 11.5 Å². The van der Waals surface area contributed by atoms with Crippen LogP contribution in [0.5, 0.6) is 0 Å². The highest BCUT2D eigenvalue weighted by molar-refractivity contribution is 5.42. The second kappa shape index (κ2) is 4.15. The van der Waals surface area contributed by atoms with E-state index in [0.29, 0.717) is 11.1 Å². The maximum atomic E-state index is 10.1. The van der Waals surface area contributed by atoms with Crippen molar-refractivity contribution in [3.8, 4) is 0 Å². The molecule has 4 nitrogen and oxygen atoms in total. The summed E-state index contributed by atoms with van der Waals surface area (Å²) in [4.78, 5) is 0. The van der Waals surface area contributed by atoms with Crippen molar-refractivity contribution >= 4 is 0 Å². The largest absolute Gasteiger partial charge is 0.494 e. The van der Waals surface area contributed by atoms with E-state index < -0.39 is 12.2 Å². The number of benzene rings is 1. The van der Waals surface area contributed by atoms with Crippen molar-refractivity contribution in [2.24, 2.45) is 0 Å². The van der Waals surface area contributed by atoms with E-state index in [0.717, 1.165) is 0 Å². The molecule has 1 aromatic rings. The molecule has 2 rings (SSSR count). The summed E-state index contributed by atoms with van der Waals surface area (Å²) >= 11 is 0. The van der Waals surface area contributed by atoms with E-state index in [1.165, 1.54) is 14.2 Å². The first-order valence-corrected chi connectivity index (χ1v) is 4.97. The Hall–Kier alpha value is -1.52. The summed E-state index contributed by atoms with van der Waals surface area (Å²) in [6.07, 6.45) is -1.78. The molecule has 1 aromatic carbocycles. The molecular formula is C12H14O4. The highest BCUT2D eigenvalue weighted by atomic mass is 16.5. The third kappa shape index (κ3) is 1.47. The highest BCUT2D eigenvalue weighted by Gasteiger charge is 2.34. The summed E-state index contributed by atoms with van der Waals surface area (Å²) in [6, 6.07) is 7.13. The van der Waals surface area contributed by atoms with Crippen molar-refractivity contribution < 1.29 is 19.7 Å². The Morgan fingerprint density at radius 1 is 0.875 bits per heavy atom. The minimum atomic E-state index is -0.889. The fourth-order valence-corrected chi connectivity index (χ4v) is 1.99. The fraction of sp³-hybridized carbons (Fsp3) is 0.333.